The molecule has 0 radical (unpaired) electrons. The third-order valence-electron chi connectivity index (χ3n) is 5.51. The summed E-state index contributed by atoms with van der Waals surface area (Å²) >= 11 is -1.15. The van der Waals surface area contributed by atoms with Gasteiger partial charge in [-0.05, 0) is 92.7 Å². The van der Waals surface area contributed by atoms with Gasteiger partial charge in [0.15, 0.2) is 0 Å². The largest absolute Gasteiger partial charge is 0.598 e. The van der Waals surface area contributed by atoms with Crippen LogP contribution in [0.25, 0.3) is 0 Å². The summed E-state index contributed by atoms with van der Waals surface area (Å²) in [4.78, 5) is 19.0. The topological polar surface area (TPSA) is 77.5 Å². The fourth-order valence-corrected chi connectivity index (χ4v) is 4.82. The van der Waals surface area contributed by atoms with Crippen molar-refractivity contribution in [1.29, 1.82) is 0 Å². The first-order chi connectivity index (χ1) is 14.2. The third kappa shape index (κ3) is 8.28. The lowest BCUT2D eigenvalue weighted by Gasteiger charge is -2.33. The van der Waals surface area contributed by atoms with Crippen molar-refractivity contribution in [3.05, 3.63) is 30.1 Å². The fraction of sp³-hybridized carbons (Fsp3) is 0.750. The zero-order valence-electron chi connectivity index (χ0n) is 20.5. The van der Waals surface area contributed by atoms with Crippen LogP contribution in [0.2, 0.25) is 0 Å². The second kappa shape index (κ2) is 10.1. The highest BCUT2D eigenvalue weighted by Gasteiger charge is 2.43. The minimum absolute atomic E-state index is 0.0636. The Morgan fingerprint density at radius 1 is 1.32 bits per heavy atom. The molecule has 6 nitrogen and oxygen atoms in total. The second-order valence-corrected chi connectivity index (χ2v) is 13.3. The summed E-state index contributed by atoms with van der Waals surface area (Å²) < 4.78 is 21.4. The molecule has 0 spiro atoms. The molecule has 0 aromatic carbocycles. The minimum Gasteiger partial charge on any atom is -0.598 e. The first kappa shape index (κ1) is 25.9. The van der Waals surface area contributed by atoms with E-state index in [1.807, 2.05) is 64.6 Å². The Morgan fingerprint density at radius 3 is 2.55 bits per heavy atom. The summed E-state index contributed by atoms with van der Waals surface area (Å²) in [5, 5.41) is 0. The molecule has 1 aromatic heterocycles. The van der Waals surface area contributed by atoms with Gasteiger partial charge in [0.2, 0.25) is 0 Å². The Balaban J connectivity index is 2.02. The Morgan fingerprint density at radius 2 is 2.00 bits per heavy atom. The SMILES string of the molecule is CC(C)(C)OC(=O)N1C[C@@H](CCC(Cc2ccccn2)N[S+]([O-])C(C)(C)C)CC1(C)C. The summed E-state index contributed by atoms with van der Waals surface area (Å²) in [6, 6.07) is 5.97. The van der Waals surface area contributed by atoms with Gasteiger partial charge in [0.25, 0.3) is 0 Å². The molecule has 7 heteroatoms. The number of nitrogens with zero attached hydrogens (tertiary/aromatic N) is 2. The normalized spacial score (nSPS) is 21.1. The molecule has 1 N–H and O–H groups in total. The molecule has 3 atom stereocenters. The zero-order valence-corrected chi connectivity index (χ0v) is 21.3. The highest BCUT2D eigenvalue weighted by Crippen LogP contribution is 2.36. The highest BCUT2D eigenvalue weighted by molar-refractivity contribution is 7.90. The number of carbonyl (C=O) groups is 1. The molecule has 2 rings (SSSR count). The van der Waals surface area contributed by atoms with Gasteiger partial charge in [0.05, 0.1) is 6.04 Å². The van der Waals surface area contributed by atoms with Crippen molar-refractivity contribution in [3.63, 3.8) is 0 Å². The first-order valence-corrected chi connectivity index (χ1v) is 12.4. The Labute approximate surface area is 191 Å². The van der Waals surface area contributed by atoms with Gasteiger partial charge in [-0.15, -0.1) is 4.72 Å². The first-order valence-electron chi connectivity index (χ1n) is 11.3. The third-order valence-corrected chi connectivity index (χ3v) is 7.17. The molecule has 1 fully saturated rings. The van der Waals surface area contributed by atoms with Crippen LogP contribution in [0.1, 0.15) is 80.3 Å². The predicted molar refractivity (Wildman–Crippen MR) is 127 cm³/mol. The maximum Gasteiger partial charge on any atom is 0.410 e. The van der Waals surface area contributed by atoms with Crippen LogP contribution in [0.4, 0.5) is 4.79 Å². The van der Waals surface area contributed by atoms with Gasteiger partial charge in [0, 0.05) is 41.8 Å². The van der Waals surface area contributed by atoms with Gasteiger partial charge >= 0.3 is 6.09 Å². The average Bonchev–Trinajstić information content (AvgIpc) is 2.93. The van der Waals surface area contributed by atoms with Crippen molar-refractivity contribution >= 4 is 17.5 Å². The van der Waals surface area contributed by atoms with Gasteiger partial charge < -0.3 is 14.2 Å². The Hall–Kier alpha value is -1.31. The lowest BCUT2D eigenvalue weighted by molar-refractivity contribution is 0.0131. The van der Waals surface area contributed by atoms with Crippen LogP contribution in [-0.4, -0.2) is 49.0 Å². The molecule has 1 amide bonds. The van der Waals surface area contributed by atoms with E-state index in [4.69, 9.17) is 4.74 Å². The van der Waals surface area contributed by atoms with Crippen LogP contribution in [0.3, 0.4) is 0 Å². The molecule has 31 heavy (non-hydrogen) atoms. The number of rotatable bonds is 7. The summed E-state index contributed by atoms with van der Waals surface area (Å²) in [7, 11) is 0. The quantitative estimate of drug-likeness (QED) is 0.599. The summed E-state index contributed by atoms with van der Waals surface area (Å²) in [6.45, 7) is 16.5. The lowest BCUT2D eigenvalue weighted by Crippen LogP contribution is -2.45. The lowest BCUT2D eigenvalue weighted by atomic mass is 9.91. The standard InChI is InChI=1S/C24H41N3O3S/c1-22(2,3)30-21(28)27-17-18(16-24(27,7)8)12-13-20(26-31(29)23(4,5)6)15-19-11-9-10-14-25-19/h9-11,14,18,20,26H,12-13,15-17H2,1-8H3/t18-,20?,31?/m0/s1. The van der Waals surface area contributed by atoms with E-state index >= 15 is 0 Å². The number of pyridine rings is 1. The van der Waals surface area contributed by atoms with Crippen LogP contribution in [0.15, 0.2) is 24.4 Å². The molecule has 1 aliphatic rings. The number of carbonyl (C=O) groups excluding carboxylic acids is 1. The summed E-state index contributed by atoms with van der Waals surface area (Å²) in [5.74, 6) is 0.388. The molecule has 1 aliphatic heterocycles. The molecule has 0 bridgehead atoms. The van der Waals surface area contributed by atoms with E-state index in [0.29, 0.717) is 12.5 Å². The van der Waals surface area contributed by atoms with E-state index in [1.165, 1.54) is 0 Å². The zero-order chi connectivity index (χ0) is 23.4. The molecule has 176 valence electrons. The highest BCUT2D eigenvalue weighted by atomic mass is 32.2. The molecule has 0 aliphatic carbocycles. The second-order valence-electron chi connectivity index (χ2n) is 11.3. The van der Waals surface area contributed by atoms with E-state index in [-0.39, 0.29) is 22.4 Å². The van der Waals surface area contributed by atoms with Crippen molar-refractivity contribution < 1.29 is 14.1 Å². The predicted octanol–water partition coefficient (Wildman–Crippen LogP) is 4.86. The minimum atomic E-state index is -1.15. The van der Waals surface area contributed by atoms with Crippen LogP contribution < -0.4 is 4.72 Å². The molecule has 1 saturated heterocycles. The molecule has 2 heterocycles. The van der Waals surface area contributed by atoms with Gasteiger partial charge in [0.1, 0.15) is 10.3 Å². The van der Waals surface area contributed by atoms with Crippen LogP contribution in [0, 0.1) is 5.92 Å². The summed E-state index contributed by atoms with van der Waals surface area (Å²) in [6.07, 6.45) is 5.05. The number of aromatic nitrogens is 1. The summed E-state index contributed by atoms with van der Waals surface area (Å²) in [5.41, 5.74) is 0.263. The molecular formula is C24H41N3O3S. The Kier molecular flexibility index (Phi) is 8.45. The van der Waals surface area contributed by atoms with E-state index in [1.54, 1.807) is 6.20 Å². The number of likely N-dealkylation sites (tertiary alicyclic amines) is 1. The van der Waals surface area contributed by atoms with Crippen molar-refractivity contribution in [1.82, 2.24) is 14.6 Å². The van der Waals surface area contributed by atoms with Gasteiger partial charge in [-0.1, -0.05) is 6.07 Å². The fourth-order valence-electron chi connectivity index (χ4n) is 3.96. The number of ether oxygens (including phenoxy) is 1. The smallest absolute Gasteiger partial charge is 0.410 e. The van der Waals surface area contributed by atoms with E-state index in [2.05, 4.69) is 23.6 Å². The van der Waals surface area contributed by atoms with Crippen LogP contribution in [-0.2, 0) is 22.5 Å². The van der Waals surface area contributed by atoms with Crippen molar-refractivity contribution in [2.24, 2.45) is 5.92 Å². The molecular weight excluding hydrogens is 410 g/mol. The number of amides is 1. The van der Waals surface area contributed by atoms with Crippen LogP contribution in [0.5, 0.6) is 0 Å². The monoisotopic (exact) mass is 451 g/mol. The maximum atomic E-state index is 12.7. The van der Waals surface area contributed by atoms with E-state index in [9.17, 15) is 9.35 Å². The molecule has 0 saturated carbocycles. The average molecular weight is 452 g/mol. The van der Waals surface area contributed by atoms with Gasteiger partial charge in [-0.25, -0.2) is 4.79 Å². The number of hydrogen-bond donors (Lipinski definition) is 1. The molecule has 1 aromatic rings. The number of nitrogens with one attached hydrogen (secondary N) is 1. The van der Waals surface area contributed by atoms with Crippen molar-refractivity contribution in [2.45, 2.75) is 103 Å². The maximum absolute atomic E-state index is 12.7. The van der Waals surface area contributed by atoms with Crippen molar-refractivity contribution in [2.75, 3.05) is 6.54 Å². The van der Waals surface area contributed by atoms with Crippen molar-refractivity contribution in [3.8, 4) is 0 Å². The number of hydrogen-bond acceptors (Lipinski definition) is 5. The Bertz CT molecular complexity index is 713. The van der Waals surface area contributed by atoms with Crippen LogP contribution >= 0.6 is 0 Å². The van der Waals surface area contributed by atoms with E-state index < -0.39 is 17.0 Å². The molecule has 2 unspecified atom stereocenters. The van der Waals surface area contributed by atoms with E-state index in [0.717, 1.165) is 31.4 Å². The van der Waals surface area contributed by atoms with Gasteiger partial charge in [-0.2, -0.15) is 0 Å². The van der Waals surface area contributed by atoms with Gasteiger partial charge in [-0.3, -0.25) is 4.98 Å².